The molecule has 1 aliphatic carbocycles. The molecule has 1 heterocycles. The van der Waals surface area contributed by atoms with Gasteiger partial charge < -0.3 is 15.3 Å². The third-order valence-electron chi connectivity index (χ3n) is 4.11. The lowest BCUT2D eigenvalue weighted by Gasteiger charge is -2.25. The van der Waals surface area contributed by atoms with Crippen LogP contribution >= 0.6 is 0 Å². The van der Waals surface area contributed by atoms with Crippen molar-refractivity contribution in [2.45, 2.75) is 38.3 Å². The molecule has 0 radical (unpaired) electrons. The lowest BCUT2D eigenvalue weighted by Crippen LogP contribution is -2.49. The number of carboxylic acid groups (broad SMARTS) is 1. The highest BCUT2D eigenvalue weighted by Gasteiger charge is 2.49. The van der Waals surface area contributed by atoms with Crippen molar-refractivity contribution in [3.63, 3.8) is 0 Å². The van der Waals surface area contributed by atoms with Gasteiger partial charge in [-0.25, -0.2) is 9.59 Å². The Morgan fingerprint density at radius 3 is 2.83 bits per heavy atom. The summed E-state index contributed by atoms with van der Waals surface area (Å²) in [5.74, 6) is -0.394. The number of rotatable bonds is 3. The quantitative estimate of drug-likeness (QED) is 0.747. The highest BCUT2D eigenvalue weighted by Crippen LogP contribution is 2.42. The number of carbonyl (C=O) groups is 2. The van der Waals surface area contributed by atoms with Crippen molar-refractivity contribution in [1.29, 1.82) is 0 Å². The second kappa shape index (κ2) is 5.00. The number of urea groups is 1. The summed E-state index contributed by atoms with van der Waals surface area (Å²) in [6, 6.07) is -1.09. The number of aliphatic carboxylic acids is 1. The lowest BCUT2D eigenvalue weighted by molar-refractivity contribution is -0.142. The molecule has 100 valence electrons. The van der Waals surface area contributed by atoms with Gasteiger partial charge in [0.05, 0.1) is 0 Å². The van der Waals surface area contributed by atoms with Crippen molar-refractivity contribution < 1.29 is 14.7 Å². The molecule has 18 heavy (non-hydrogen) atoms. The van der Waals surface area contributed by atoms with Crippen LogP contribution in [0.15, 0.2) is 12.7 Å². The van der Waals surface area contributed by atoms with Gasteiger partial charge in [0.2, 0.25) is 0 Å². The summed E-state index contributed by atoms with van der Waals surface area (Å²) < 4.78 is 0. The van der Waals surface area contributed by atoms with Crippen LogP contribution in [0.25, 0.3) is 0 Å². The number of amides is 2. The van der Waals surface area contributed by atoms with Crippen LogP contribution in [0, 0.1) is 11.8 Å². The van der Waals surface area contributed by atoms with Crippen LogP contribution in [0.5, 0.6) is 0 Å². The third kappa shape index (κ3) is 2.21. The molecule has 1 aliphatic heterocycles. The highest BCUT2D eigenvalue weighted by molar-refractivity contribution is 5.84. The minimum atomic E-state index is -0.884. The Morgan fingerprint density at radius 2 is 2.22 bits per heavy atom. The van der Waals surface area contributed by atoms with Crippen LogP contribution in [0.1, 0.15) is 26.2 Å². The van der Waals surface area contributed by atoms with Crippen LogP contribution in [0.2, 0.25) is 0 Å². The molecular formula is C13H20N2O3. The van der Waals surface area contributed by atoms with Crippen molar-refractivity contribution in [3.05, 3.63) is 12.7 Å². The largest absolute Gasteiger partial charge is 0.480 e. The monoisotopic (exact) mass is 252 g/mol. The lowest BCUT2D eigenvalue weighted by atomic mass is 9.94. The Morgan fingerprint density at radius 1 is 1.50 bits per heavy atom. The van der Waals surface area contributed by atoms with E-state index < -0.39 is 12.0 Å². The first kappa shape index (κ1) is 12.9. The number of fused-ring (bicyclic) bond motifs is 1. The molecule has 0 aromatic carbocycles. The molecule has 2 rings (SSSR count). The summed E-state index contributed by atoms with van der Waals surface area (Å²) in [7, 11) is 0. The number of nitrogens with one attached hydrogen (secondary N) is 1. The summed E-state index contributed by atoms with van der Waals surface area (Å²) in [6.07, 6.45) is 4.67. The summed E-state index contributed by atoms with van der Waals surface area (Å²) in [4.78, 5) is 24.9. The minimum absolute atomic E-state index is 0.132. The normalized spacial score (nSPS) is 31.8. The summed E-state index contributed by atoms with van der Waals surface area (Å²) >= 11 is 0. The number of hydrogen-bond acceptors (Lipinski definition) is 2. The standard InChI is InChI=1S/C13H20N2O3/c1-3-8(2)14-13(18)15-7-9-5-4-6-10(9)11(15)12(16)17/h3,8-11H,1,4-7H2,2H3,(H,14,18)(H,16,17). The van der Waals surface area contributed by atoms with Crippen LogP contribution in [-0.4, -0.2) is 40.6 Å². The Kier molecular flexibility index (Phi) is 3.59. The average Bonchev–Trinajstić information content (AvgIpc) is 2.86. The van der Waals surface area contributed by atoms with Crippen molar-refractivity contribution >= 4 is 12.0 Å². The van der Waals surface area contributed by atoms with Gasteiger partial charge >= 0.3 is 12.0 Å². The van der Waals surface area contributed by atoms with E-state index in [1.54, 1.807) is 6.08 Å². The molecule has 0 bridgehead atoms. The van der Waals surface area contributed by atoms with E-state index in [9.17, 15) is 14.7 Å². The van der Waals surface area contributed by atoms with E-state index in [1.165, 1.54) is 4.90 Å². The maximum absolute atomic E-state index is 12.1. The van der Waals surface area contributed by atoms with Crippen molar-refractivity contribution in [2.24, 2.45) is 11.8 Å². The summed E-state index contributed by atoms with van der Waals surface area (Å²) in [5, 5.41) is 12.1. The highest BCUT2D eigenvalue weighted by atomic mass is 16.4. The SMILES string of the molecule is C=CC(C)NC(=O)N1CC2CCCC2C1C(=O)O. The molecule has 5 heteroatoms. The van der Waals surface area contributed by atoms with Gasteiger partial charge in [-0.2, -0.15) is 0 Å². The zero-order valence-corrected chi connectivity index (χ0v) is 10.6. The first-order chi connectivity index (χ1) is 8.54. The second-order valence-electron chi connectivity index (χ2n) is 5.26. The van der Waals surface area contributed by atoms with E-state index >= 15 is 0 Å². The zero-order valence-electron chi connectivity index (χ0n) is 10.6. The van der Waals surface area contributed by atoms with E-state index in [-0.39, 0.29) is 18.0 Å². The molecule has 2 fully saturated rings. The van der Waals surface area contributed by atoms with Gasteiger partial charge in [0.15, 0.2) is 0 Å². The Bertz CT molecular complexity index is 369. The molecule has 2 amide bonds. The predicted octanol–water partition coefficient (Wildman–Crippen LogP) is 1.46. The fraction of sp³-hybridized carbons (Fsp3) is 0.692. The molecular weight excluding hydrogens is 232 g/mol. The fourth-order valence-electron chi connectivity index (χ4n) is 3.17. The van der Waals surface area contributed by atoms with E-state index in [1.807, 2.05) is 6.92 Å². The van der Waals surface area contributed by atoms with E-state index in [0.29, 0.717) is 12.5 Å². The molecule has 1 saturated heterocycles. The van der Waals surface area contributed by atoms with Gasteiger partial charge in [-0.1, -0.05) is 12.5 Å². The zero-order chi connectivity index (χ0) is 13.3. The fourth-order valence-corrected chi connectivity index (χ4v) is 3.17. The van der Waals surface area contributed by atoms with Crippen molar-refractivity contribution in [3.8, 4) is 0 Å². The molecule has 5 nitrogen and oxygen atoms in total. The second-order valence-corrected chi connectivity index (χ2v) is 5.26. The molecule has 1 saturated carbocycles. The molecule has 0 aromatic rings. The summed E-state index contributed by atoms with van der Waals surface area (Å²) in [5.41, 5.74) is 0. The number of hydrogen-bond donors (Lipinski definition) is 2. The molecule has 0 spiro atoms. The van der Waals surface area contributed by atoms with Gasteiger partial charge in [0.25, 0.3) is 0 Å². The molecule has 2 N–H and O–H groups in total. The first-order valence-corrected chi connectivity index (χ1v) is 6.47. The van der Waals surface area contributed by atoms with Gasteiger partial charge in [-0.3, -0.25) is 0 Å². The predicted molar refractivity (Wildman–Crippen MR) is 67.2 cm³/mol. The van der Waals surface area contributed by atoms with E-state index in [0.717, 1.165) is 19.3 Å². The number of carbonyl (C=O) groups excluding carboxylic acids is 1. The smallest absolute Gasteiger partial charge is 0.326 e. The Balaban J connectivity index is 2.09. The topological polar surface area (TPSA) is 69.6 Å². The van der Waals surface area contributed by atoms with Crippen LogP contribution in [0.3, 0.4) is 0 Å². The molecule has 4 unspecified atom stereocenters. The van der Waals surface area contributed by atoms with Crippen molar-refractivity contribution in [1.82, 2.24) is 10.2 Å². The Labute approximate surface area is 107 Å². The van der Waals surface area contributed by atoms with Gasteiger partial charge in [0.1, 0.15) is 6.04 Å². The Hall–Kier alpha value is -1.52. The average molecular weight is 252 g/mol. The van der Waals surface area contributed by atoms with Gasteiger partial charge in [0, 0.05) is 12.6 Å². The van der Waals surface area contributed by atoms with Gasteiger partial charge in [-0.15, -0.1) is 6.58 Å². The summed E-state index contributed by atoms with van der Waals surface area (Å²) in [6.45, 7) is 5.99. The first-order valence-electron chi connectivity index (χ1n) is 6.47. The number of carboxylic acids is 1. The third-order valence-corrected chi connectivity index (χ3v) is 4.11. The van der Waals surface area contributed by atoms with Crippen molar-refractivity contribution in [2.75, 3.05) is 6.54 Å². The van der Waals surface area contributed by atoms with E-state index in [4.69, 9.17) is 0 Å². The number of likely N-dealkylation sites (tertiary alicyclic amines) is 1. The maximum atomic E-state index is 12.1. The van der Waals surface area contributed by atoms with Crippen LogP contribution in [0.4, 0.5) is 4.79 Å². The molecule has 4 atom stereocenters. The van der Waals surface area contributed by atoms with Gasteiger partial charge in [-0.05, 0) is 31.6 Å². The number of nitrogens with zero attached hydrogens (tertiary/aromatic N) is 1. The van der Waals surface area contributed by atoms with Crippen LogP contribution < -0.4 is 5.32 Å². The maximum Gasteiger partial charge on any atom is 0.326 e. The minimum Gasteiger partial charge on any atom is -0.480 e. The molecule has 0 aromatic heterocycles. The van der Waals surface area contributed by atoms with Crippen LogP contribution in [-0.2, 0) is 4.79 Å². The van der Waals surface area contributed by atoms with E-state index in [2.05, 4.69) is 11.9 Å². The molecule has 2 aliphatic rings.